The van der Waals surface area contributed by atoms with Crippen molar-refractivity contribution >= 4 is 23.6 Å². The van der Waals surface area contributed by atoms with Crippen molar-refractivity contribution in [3.63, 3.8) is 0 Å². The zero-order chi connectivity index (χ0) is 16.2. The molecule has 2 heterocycles. The predicted octanol–water partition coefficient (Wildman–Crippen LogP) is 1.92. The van der Waals surface area contributed by atoms with Crippen molar-refractivity contribution in [3.8, 4) is 0 Å². The molecule has 0 bridgehead atoms. The summed E-state index contributed by atoms with van der Waals surface area (Å²) in [5, 5.41) is 9.21. The normalized spacial score (nSPS) is 27.1. The van der Waals surface area contributed by atoms with Gasteiger partial charge in [0.2, 0.25) is 5.91 Å². The van der Waals surface area contributed by atoms with E-state index < -0.39 is 5.97 Å². The second kappa shape index (κ2) is 7.88. The fraction of sp³-hybridized carbons (Fsp3) is 0.882. The third-order valence-electron chi connectivity index (χ3n) is 5.41. The van der Waals surface area contributed by atoms with E-state index in [-0.39, 0.29) is 11.8 Å². The van der Waals surface area contributed by atoms with Crippen molar-refractivity contribution in [2.75, 3.05) is 37.7 Å². The van der Waals surface area contributed by atoms with Crippen LogP contribution < -0.4 is 0 Å². The Morgan fingerprint density at radius 1 is 1.04 bits per heavy atom. The number of thioether (sulfide) groups is 1. The summed E-state index contributed by atoms with van der Waals surface area (Å²) in [4.78, 5) is 27.8. The van der Waals surface area contributed by atoms with Crippen LogP contribution in [-0.2, 0) is 9.59 Å². The largest absolute Gasteiger partial charge is 0.481 e. The lowest BCUT2D eigenvalue weighted by atomic mass is 9.94. The van der Waals surface area contributed by atoms with Gasteiger partial charge in [-0.15, -0.1) is 0 Å². The molecule has 2 saturated heterocycles. The van der Waals surface area contributed by atoms with Gasteiger partial charge in [0, 0.05) is 25.7 Å². The monoisotopic (exact) mass is 340 g/mol. The van der Waals surface area contributed by atoms with Gasteiger partial charge in [0.15, 0.2) is 0 Å². The molecule has 1 atom stereocenters. The molecule has 23 heavy (non-hydrogen) atoms. The fourth-order valence-corrected chi connectivity index (χ4v) is 4.85. The van der Waals surface area contributed by atoms with E-state index in [1.54, 1.807) is 11.8 Å². The molecule has 6 heteroatoms. The molecular weight excluding hydrogens is 312 g/mol. The molecule has 3 aliphatic rings. The number of nitrogens with zero attached hydrogens (tertiary/aromatic N) is 2. The summed E-state index contributed by atoms with van der Waals surface area (Å²) >= 11 is 1.79. The lowest BCUT2D eigenvalue weighted by molar-refractivity contribution is -0.144. The van der Waals surface area contributed by atoms with Gasteiger partial charge in [-0.1, -0.05) is 0 Å². The van der Waals surface area contributed by atoms with E-state index >= 15 is 0 Å². The Hall–Kier alpha value is -0.750. The van der Waals surface area contributed by atoms with Crippen molar-refractivity contribution in [2.45, 2.75) is 44.6 Å². The maximum Gasteiger partial charge on any atom is 0.307 e. The second-order valence-corrected chi connectivity index (χ2v) is 8.27. The summed E-state index contributed by atoms with van der Waals surface area (Å²) < 4.78 is 0. The van der Waals surface area contributed by atoms with Crippen LogP contribution in [-0.4, -0.2) is 70.5 Å². The molecular formula is C17H28N2O3S. The van der Waals surface area contributed by atoms with Gasteiger partial charge in [0.1, 0.15) is 0 Å². The van der Waals surface area contributed by atoms with Gasteiger partial charge in [-0.2, -0.15) is 11.8 Å². The molecule has 0 aromatic heterocycles. The first-order valence-electron chi connectivity index (χ1n) is 8.96. The Labute approximate surface area is 142 Å². The molecule has 1 N–H and O–H groups in total. The average Bonchev–Trinajstić information content (AvgIpc) is 3.39. The van der Waals surface area contributed by atoms with E-state index in [1.165, 1.54) is 12.8 Å². The number of hydrogen-bond acceptors (Lipinski definition) is 4. The molecule has 1 saturated carbocycles. The number of likely N-dealkylation sites (tertiary alicyclic amines) is 2. The Kier molecular flexibility index (Phi) is 5.85. The van der Waals surface area contributed by atoms with Crippen LogP contribution >= 0.6 is 11.8 Å². The molecule has 0 spiro atoms. The highest BCUT2D eigenvalue weighted by Gasteiger charge is 2.32. The Balaban J connectivity index is 1.38. The molecule has 5 nitrogen and oxygen atoms in total. The van der Waals surface area contributed by atoms with Gasteiger partial charge < -0.3 is 10.0 Å². The van der Waals surface area contributed by atoms with Crippen LogP contribution in [0.25, 0.3) is 0 Å². The summed E-state index contributed by atoms with van der Waals surface area (Å²) in [5.74, 6) is 2.08. The third-order valence-corrected chi connectivity index (χ3v) is 6.57. The number of aliphatic carboxylic acids is 1. The van der Waals surface area contributed by atoms with Crippen molar-refractivity contribution in [1.82, 2.24) is 9.80 Å². The minimum absolute atomic E-state index is 0.206. The van der Waals surface area contributed by atoms with Crippen LogP contribution in [0.4, 0.5) is 0 Å². The first-order valence-corrected chi connectivity index (χ1v) is 10.1. The van der Waals surface area contributed by atoms with E-state index in [0.29, 0.717) is 18.3 Å². The molecule has 1 amide bonds. The quantitative estimate of drug-likeness (QED) is 0.800. The highest BCUT2D eigenvalue weighted by atomic mass is 32.2. The Bertz CT molecular complexity index is 434. The maximum absolute atomic E-state index is 12.2. The smallest absolute Gasteiger partial charge is 0.307 e. The number of hydrogen-bond donors (Lipinski definition) is 1. The average molecular weight is 340 g/mol. The fourth-order valence-electron chi connectivity index (χ4n) is 3.71. The van der Waals surface area contributed by atoms with Gasteiger partial charge >= 0.3 is 5.97 Å². The zero-order valence-electron chi connectivity index (χ0n) is 13.8. The van der Waals surface area contributed by atoms with Crippen molar-refractivity contribution in [3.05, 3.63) is 0 Å². The van der Waals surface area contributed by atoms with Crippen LogP contribution in [0.1, 0.15) is 38.5 Å². The summed E-state index contributed by atoms with van der Waals surface area (Å²) in [6.07, 6.45) is 6.46. The van der Waals surface area contributed by atoms with E-state index in [2.05, 4.69) is 4.90 Å². The number of carbonyl (C=O) groups excluding carboxylic acids is 1. The first-order chi connectivity index (χ1) is 11.1. The van der Waals surface area contributed by atoms with Crippen LogP contribution in [0.2, 0.25) is 0 Å². The molecule has 0 radical (unpaired) electrons. The highest BCUT2D eigenvalue weighted by Crippen LogP contribution is 2.32. The number of rotatable bonds is 6. The molecule has 0 aromatic carbocycles. The Morgan fingerprint density at radius 2 is 1.78 bits per heavy atom. The number of carbonyl (C=O) groups is 2. The van der Waals surface area contributed by atoms with Gasteiger partial charge in [-0.25, -0.2) is 0 Å². The SMILES string of the molecule is O=C(O)C1CCCN(C2CCN(C(=O)CSCC3CC3)CC2)C1. The minimum atomic E-state index is -0.657. The van der Waals surface area contributed by atoms with Crippen LogP contribution in [0, 0.1) is 11.8 Å². The van der Waals surface area contributed by atoms with E-state index in [1.807, 2.05) is 4.90 Å². The molecule has 3 rings (SSSR count). The number of amides is 1. The second-order valence-electron chi connectivity index (χ2n) is 7.24. The van der Waals surface area contributed by atoms with Gasteiger partial charge in [-0.05, 0) is 56.7 Å². The van der Waals surface area contributed by atoms with Crippen molar-refractivity contribution in [1.29, 1.82) is 0 Å². The number of piperidine rings is 2. The summed E-state index contributed by atoms with van der Waals surface area (Å²) in [6.45, 7) is 3.37. The topological polar surface area (TPSA) is 60.9 Å². The number of carboxylic acid groups (broad SMARTS) is 1. The highest BCUT2D eigenvalue weighted by molar-refractivity contribution is 7.99. The van der Waals surface area contributed by atoms with Gasteiger partial charge in [0.05, 0.1) is 11.7 Å². The molecule has 3 fully saturated rings. The van der Waals surface area contributed by atoms with E-state index in [4.69, 9.17) is 0 Å². The summed E-state index contributed by atoms with van der Waals surface area (Å²) in [5.41, 5.74) is 0. The predicted molar refractivity (Wildman–Crippen MR) is 91.6 cm³/mol. The minimum Gasteiger partial charge on any atom is -0.481 e. The lowest BCUT2D eigenvalue weighted by Gasteiger charge is -2.41. The van der Waals surface area contributed by atoms with Gasteiger partial charge in [0.25, 0.3) is 0 Å². The molecule has 2 aliphatic heterocycles. The molecule has 1 unspecified atom stereocenters. The van der Waals surface area contributed by atoms with Crippen LogP contribution in [0.5, 0.6) is 0 Å². The zero-order valence-corrected chi connectivity index (χ0v) is 14.6. The maximum atomic E-state index is 12.2. The first kappa shape index (κ1) is 17.1. The molecule has 130 valence electrons. The summed E-state index contributed by atoms with van der Waals surface area (Å²) in [7, 11) is 0. The van der Waals surface area contributed by atoms with Crippen molar-refractivity contribution in [2.24, 2.45) is 11.8 Å². The third kappa shape index (κ3) is 4.86. The molecule has 0 aromatic rings. The number of carboxylic acids is 1. The van der Waals surface area contributed by atoms with E-state index in [9.17, 15) is 14.7 Å². The van der Waals surface area contributed by atoms with E-state index in [0.717, 1.165) is 57.0 Å². The van der Waals surface area contributed by atoms with Crippen LogP contribution in [0.15, 0.2) is 0 Å². The summed E-state index contributed by atoms with van der Waals surface area (Å²) in [6, 6.07) is 0.459. The van der Waals surface area contributed by atoms with Crippen LogP contribution in [0.3, 0.4) is 0 Å². The standard InChI is InChI=1S/C17H28N2O3S/c20-16(12-23-11-13-3-4-13)18-8-5-15(6-9-18)19-7-1-2-14(10-19)17(21)22/h13-15H,1-12H2,(H,21,22). The van der Waals surface area contributed by atoms with Crippen molar-refractivity contribution < 1.29 is 14.7 Å². The molecule has 1 aliphatic carbocycles. The Morgan fingerprint density at radius 3 is 2.43 bits per heavy atom. The lowest BCUT2D eigenvalue weighted by Crippen LogP contribution is -2.50. The van der Waals surface area contributed by atoms with Gasteiger partial charge in [-0.3, -0.25) is 14.5 Å².